The second-order valence-corrected chi connectivity index (χ2v) is 6.00. The Bertz CT molecular complexity index is 433. The Morgan fingerprint density at radius 1 is 1.24 bits per heavy atom. The van der Waals surface area contributed by atoms with Crippen molar-refractivity contribution in [3.05, 3.63) is 29.3 Å². The van der Waals surface area contributed by atoms with Gasteiger partial charge in [-0.3, -0.25) is 0 Å². The predicted octanol–water partition coefficient (Wildman–Crippen LogP) is 3.04. The zero-order valence-corrected chi connectivity index (χ0v) is 13.5. The van der Waals surface area contributed by atoms with Crippen LogP contribution in [0.25, 0.3) is 0 Å². The van der Waals surface area contributed by atoms with Crippen LogP contribution in [0.4, 0.5) is 0 Å². The fourth-order valence-electron chi connectivity index (χ4n) is 3.34. The number of hydrogen-bond donors (Lipinski definition) is 1. The quantitative estimate of drug-likeness (QED) is 0.747. The molecule has 0 spiro atoms. The zero-order valence-electron chi connectivity index (χ0n) is 13.5. The molecule has 0 amide bonds. The molecule has 0 bridgehead atoms. The van der Waals surface area contributed by atoms with Gasteiger partial charge in [-0.15, -0.1) is 0 Å². The second-order valence-electron chi connectivity index (χ2n) is 6.00. The smallest absolute Gasteiger partial charge is 0.119 e. The van der Waals surface area contributed by atoms with E-state index in [-0.39, 0.29) is 0 Å². The third kappa shape index (κ3) is 4.45. The minimum absolute atomic E-state index is 0.313. The number of methoxy groups -OCH3 is 1. The molecule has 1 atom stereocenters. The lowest BCUT2D eigenvalue weighted by molar-refractivity contribution is 0.170. The minimum Gasteiger partial charge on any atom is -0.497 e. The Balaban J connectivity index is 2.00. The van der Waals surface area contributed by atoms with Gasteiger partial charge >= 0.3 is 0 Å². The summed E-state index contributed by atoms with van der Waals surface area (Å²) in [4.78, 5) is 2.63. The summed E-state index contributed by atoms with van der Waals surface area (Å²) in [6, 6.07) is 7.17. The third-order valence-electron chi connectivity index (χ3n) is 4.50. The van der Waals surface area contributed by atoms with E-state index in [1.165, 1.54) is 30.5 Å². The Hall–Kier alpha value is -1.06. The van der Waals surface area contributed by atoms with Crippen molar-refractivity contribution in [2.24, 2.45) is 0 Å². The standard InChI is InChI=1S/C18H29NO2/c1-3-10-19(11-4-5-12-20)17-8-6-16-14-18(21-2)9-7-15(16)13-17/h7,9,14,17,20H,3-6,8,10-13H2,1-2H3. The Labute approximate surface area is 128 Å². The Kier molecular flexibility index (Phi) is 6.52. The van der Waals surface area contributed by atoms with Gasteiger partial charge in [0.05, 0.1) is 7.11 Å². The molecule has 1 N–H and O–H groups in total. The maximum absolute atomic E-state index is 8.97. The van der Waals surface area contributed by atoms with Crippen molar-refractivity contribution in [3.8, 4) is 5.75 Å². The molecule has 0 saturated carbocycles. The van der Waals surface area contributed by atoms with E-state index >= 15 is 0 Å². The van der Waals surface area contributed by atoms with Gasteiger partial charge in [0.1, 0.15) is 5.75 Å². The average molecular weight is 291 g/mol. The first-order valence-electron chi connectivity index (χ1n) is 8.29. The number of fused-ring (bicyclic) bond motifs is 1. The summed E-state index contributed by atoms with van der Waals surface area (Å²) in [6.07, 6.45) is 6.75. The maximum atomic E-state index is 8.97. The topological polar surface area (TPSA) is 32.7 Å². The van der Waals surface area contributed by atoms with E-state index in [2.05, 4.69) is 30.0 Å². The van der Waals surface area contributed by atoms with Crippen LogP contribution in [0.5, 0.6) is 5.75 Å². The van der Waals surface area contributed by atoms with Crippen molar-refractivity contribution in [2.75, 3.05) is 26.8 Å². The molecule has 118 valence electrons. The van der Waals surface area contributed by atoms with Gasteiger partial charge < -0.3 is 14.7 Å². The molecule has 3 nitrogen and oxygen atoms in total. The summed E-state index contributed by atoms with van der Waals surface area (Å²) in [7, 11) is 1.73. The van der Waals surface area contributed by atoms with Gasteiger partial charge in [0.15, 0.2) is 0 Å². The fraction of sp³-hybridized carbons (Fsp3) is 0.667. The van der Waals surface area contributed by atoms with Crippen molar-refractivity contribution in [1.82, 2.24) is 4.90 Å². The van der Waals surface area contributed by atoms with E-state index in [9.17, 15) is 0 Å². The van der Waals surface area contributed by atoms with Crippen molar-refractivity contribution < 1.29 is 9.84 Å². The van der Waals surface area contributed by atoms with Crippen LogP contribution < -0.4 is 4.74 Å². The first-order valence-corrected chi connectivity index (χ1v) is 8.29. The van der Waals surface area contributed by atoms with E-state index in [0.29, 0.717) is 12.6 Å². The van der Waals surface area contributed by atoms with Gasteiger partial charge in [-0.1, -0.05) is 13.0 Å². The molecule has 21 heavy (non-hydrogen) atoms. The highest BCUT2D eigenvalue weighted by Gasteiger charge is 2.23. The van der Waals surface area contributed by atoms with Crippen LogP contribution in [0.3, 0.4) is 0 Å². The predicted molar refractivity (Wildman–Crippen MR) is 87.0 cm³/mol. The molecule has 1 aromatic carbocycles. The van der Waals surface area contributed by atoms with Crippen molar-refractivity contribution in [2.45, 2.75) is 51.5 Å². The lowest BCUT2D eigenvalue weighted by Crippen LogP contribution is -2.40. The van der Waals surface area contributed by atoms with Gasteiger partial charge in [0, 0.05) is 12.6 Å². The highest BCUT2D eigenvalue weighted by molar-refractivity contribution is 5.37. The van der Waals surface area contributed by atoms with E-state index in [0.717, 1.165) is 38.0 Å². The normalized spacial score (nSPS) is 17.8. The summed E-state index contributed by atoms with van der Waals surface area (Å²) in [6.45, 7) is 4.85. The van der Waals surface area contributed by atoms with Crippen LogP contribution in [-0.2, 0) is 12.8 Å². The second kappa shape index (κ2) is 8.40. The van der Waals surface area contributed by atoms with Crippen LogP contribution in [0.15, 0.2) is 18.2 Å². The van der Waals surface area contributed by atoms with E-state index in [4.69, 9.17) is 9.84 Å². The summed E-state index contributed by atoms with van der Waals surface area (Å²) in [5.41, 5.74) is 2.94. The molecule has 0 radical (unpaired) electrons. The zero-order chi connectivity index (χ0) is 15.1. The van der Waals surface area contributed by atoms with E-state index < -0.39 is 0 Å². The Morgan fingerprint density at radius 2 is 2.10 bits per heavy atom. The summed E-state index contributed by atoms with van der Waals surface area (Å²) in [5.74, 6) is 0.973. The molecule has 3 heteroatoms. The minimum atomic E-state index is 0.313. The van der Waals surface area contributed by atoms with Crippen LogP contribution in [-0.4, -0.2) is 42.9 Å². The average Bonchev–Trinajstić information content (AvgIpc) is 2.53. The van der Waals surface area contributed by atoms with Crippen LogP contribution in [0, 0.1) is 0 Å². The van der Waals surface area contributed by atoms with Crippen molar-refractivity contribution >= 4 is 0 Å². The first kappa shape index (κ1) is 16.3. The molecule has 1 aromatic rings. The highest BCUT2D eigenvalue weighted by atomic mass is 16.5. The van der Waals surface area contributed by atoms with Gasteiger partial charge in [-0.2, -0.15) is 0 Å². The number of unbranched alkanes of at least 4 members (excludes halogenated alkanes) is 1. The molecule has 1 aliphatic rings. The number of nitrogens with zero attached hydrogens (tertiary/aromatic N) is 1. The molecule has 0 aromatic heterocycles. The number of benzene rings is 1. The van der Waals surface area contributed by atoms with Crippen LogP contribution in [0.1, 0.15) is 43.7 Å². The molecule has 0 saturated heterocycles. The first-order chi connectivity index (χ1) is 10.3. The largest absolute Gasteiger partial charge is 0.497 e. The molecular weight excluding hydrogens is 262 g/mol. The van der Waals surface area contributed by atoms with Crippen LogP contribution in [0.2, 0.25) is 0 Å². The maximum Gasteiger partial charge on any atom is 0.119 e. The number of aryl methyl sites for hydroxylation is 1. The highest BCUT2D eigenvalue weighted by Crippen LogP contribution is 2.28. The lowest BCUT2D eigenvalue weighted by atomic mass is 9.87. The van der Waals surface area contributed by atoms with E-state index in [1.54, 1.807) is 7.11 Å². The fourth-order valence-corrected chi connectivity index (χ4v) is 3.34. The Morgan fingerprint density at radius 3 is 2.81 bits per heavy atom. The third-order valence-corrected chi connectivity index (χ3v) is 4.50. The van der Waals surface area contributed by atoms with Crippen molar-refractivity contribution in [1.29, 1.82) is 0 Å². The number of ether oxygens (including phenoxy) is 1. The number of hydrogen-bond acceptors (Lipinski definition) is 3. The summed E-state index contributed by atoms with van der Waals surface area (Å²) >= 11 is 0. The lowest BCUT2D eigenvalue weighted by Gasteiger charge is -2.35. The van der Waals surface area contributed by atoms with Crippen LogP contribution >= 0.6 is 0 Å². The summed E-state index contributed by atoms with van der Waals surface area (Å²) < 4.78 is 5.32. The molecule has 1 aliphatic carbocycles. The molecular formula is C18H29NO2. The van der Waals surface area contributed by atoms with Gasteiger partial charge in [0.25, 0.3) is 0 Å². The number of aliphatic hydroxyl groups is 1. The molecule has 0 aliphatic heterocycles. The monoisotopic (exact) mass is 291 g/mol. The number of aliphatic hydroxyl groups excluding tert-OH is 1. The number of rotatable bonds is 8. The van der Waals surface area contributed by atoms with Gasteiger partial charge in [-0.05, 0) is 74.9 Å². The molecule has 0 heterocycles. The van der Waals surface area contributed by atoms with Crippen molar-refractivity contribution in [3.63, 3.8) is 0 Å². The van der Waals surface area contributed by atoms with Gasteiger partial charge in [-0.25, -0.2) is 0 Å². The van der Waals surface area contributed by atoms with E-state index in [1.807, 2.05) is 0 Å². The summed E-state index contributed by atoms with van der Waals surface area (Å²) in [5, 5.41) is 8.97. The molecule has 1 unspecified atom stereocenters. The molecule has 0 fully saturated rings. The van der Waals surface area contributed by atoms with Gasteiger partial charge in [0.2, 0.25) is 0 Å². The molecule has 2 rings (SSSR count). The SMILES string of the molecule is CCCN(CCCCO)C1CCc2cc(OC)ccc2C1.